The summed E-state index contributed by atoms with van der Waals surface area (Å²) in [5, 5.41) is 22.0. The number of carboxylic acids is 1. The van der Waals surface area contributed by atoms with Crippen LogP contribution in [0.4, 0.5) is 23.8 Å². The molecule has 2 atom stereocenters. The molecular weight excluding hydrogens is 499 g/mol. The molecule has 0 bridgehead atoms. The number of ether oxygens (including phenoxy) is 1. The van der Waals surface area contributed by atoms with Crippen molar-refractivity contribution in [3.8, 4) is 0 Å². The molecule has 2 amide bonds. The summed E-state index contributed by atoms with van der Waals surface area (Å²) in [7, 11) is 1.53. The molecule has 208 valence electrons. The van der Waals surface area contributed by atoms with E-state index in [0.717, 1.165) is 9.80 Å². The largest absolute Gasteiger partial charge is 0.481 e. The van der Waals surface area contributed by atoms with E-state index in [1.54, 1.807) is 0 Å². The molecule has 1 aromatic rings. The van der Waals surface area contributed by atoms with Crippen LogP contribution in [0, 0.1) is 5.92 Å². The van der Waals surface area contributed by atoms with Crippen molar-refractivity contribution >= 4 is 23.8 Å². The molecule has 0 aliphatic carbocycles. The zero-order chi connectivity index (χ0) is 28.0. The summed E-state index contributed by atoms with van der Waals surface area (Å²) in [5.41, 5.74) is -0.576. The van der Waals surface area contributed by atoms with Crippen molar-refractivity contribution in [3.05, 3.63) is 17.6 Å². The predicted molar refractivity (Wildman–Crippen MR) is 127 cm³/mol. The maximum atomic E-state index is 13.7. The van der Waals surface area contributed by atoms with E-state index in [4.69, 9.17) is 4.74 Å². The second-order valence-corrected chi connectivity index (χ2v) is 9.95. The number of anilines is 1. The molecule has 0 spiro atoms. The number of nitrogens with one attached hydrogen (secondary N) is 1. The van der Waals surface area contributed by atoms with Crippen molar-refractivity contribution in [3.63, 3.8) is 0 Å². The first-order chi connectivity index (χ1) is 17.1. The van der Waals surface area contributed by atoms with Gasteiger partial charge in [-0.05, 0) is 12.8 Å². The second kappa shape index (κ2) is 12.4. The standard InChI is InChI=1S/C23H34F3N5O6/c1-22(2,3)20-28-11-16(17(29-20)27-7-5-9-37-4)18(32)31(8-6-23(24,25)26)15-10-14(19(33)34)12-30(13-15)21(35)36/h11,14-15H,5-10,12-13H2,1-4H3,(H,33,34)(H,35,36)(H,27,28,29)/t14-,15+/m1/s1. The van der Waals surface area contributed by atoms with Crippen LogP contribution in [0.25, 0.3) is 0 Å². The molecule has 0 radical (unpaired) electrons. The van der Waals surface area contributed by atoms with Gasteiger partial charge in [-0.15, -0.1) is 0 Å². The van der Waals surface area contributed by atoms with Gasteiger partial charge in [0.15, 0.2) is 0 Å². The Labute approximate surface area is 213 Å². The van der Waals surface area contributed by atoms with Gasteiger partial charge in [0.2, 0.25) is 0 Å². The lowest BCUT2D eigenvalue weighted by molar-refractivity contribution is -0.146. The van der Waals surface area contributed by atoms with E-state index >= 15 is 0 Å². The average Bonchev–Trinajstić information content (AvgIpc) is 2.80. The summed E-state index contributed by atoms with van der Waals surface area (Å²) in [6.07, 6.45) is -5.76. The van der Waals surface area contributed by atoms with Gasteiger partial charge in [0.1, 0.15) is 17.2 Å². The molecule has 1 fully saturated rings. The van der Waals surface area contributed by atoms with Crippen molar-refractivity contribution in [2.24, 2.45) is 5.92 Å². The van der Waals surface area contributed by atoms with Gasteiger partial charge in [0.25, 0.3) is 5.91 Å². The van der Waals surface area contributed by atoms with Crippen LogP contribution in [-0.4, -0.2) is 100 Å². The molecule has 1 saturated heterocycles. The number of amides is 2. The minimum absolute atomic E-state index is 0.0908. The van der Waals surface area contributed by atoms with Gasteiger partial charge in [0.05, 0.1) is 18.4 Å². The lowest BCUT2D eigenvalue weighted by atomic mass is 9.92. The number of carbonyl (C=O) groups excluding carboxylic acids is 1. The fourth-order valence-electron chi connectivity index (χ4n) is 3.94. The number of alkyl halides is 3. The number of nitrogens with zero attached hydrogens (tertiary/aromatic N) is 4. The van der Waals surface area contributed by atoms with Crippen molar-refractivity contribution < 1.29 is 42.5 Å². The predicted octanol–water partition coefficient (Wildman–Crippen LogP) is 3.07. The van der Waals surface area contributed by atoms with E-state index in [2.05, 4.69) is 15.3 Å². The Morgan fingerprint density at radius 2 is 1.89 bits per heavy atom. The van der Waals surface area contributed by atoms with Gasteiger partial charge in [-0.2, -0.15) is 13.2 Å². The van der Waals surface area contributed by atoms with E-state index in [-0.39, 0.29) is 30.9 Å². The van der Waals surface area contributed by atoms with Crippen LogP contribution in [-0.2, 0) is 14.9 Å². The average molecular weight is 534 g/mol. The van der Waals surface area contributed by atoms with Crippen molar-refractivity contribution in [1.82, 2.24) is 19.8 Å². The molecular formula is C23H34F3N5O6. The van der Waals surface area contributed by atoms with Crippen LogP contribution in [0.3, 0.4) is 0 Å². The van der Waals surface area contributed by atoms with Gasteiger partial charge < -0.3 is 30.1 Å². The fraction of sp³-hybridized carbons (Fsp3) is 0.696. The maximum Gasteiger partial charge on any atom is 0.407 e. The van der Waals surface area contributed by atoms with E-state index in [1.165, 1.54) is 13.3 Å². The number of hydrogen-bond donors (Lipinski definition) is 3. The van der Waals surface area contributed by atoms with Gasteiger partial charge >= 0.3 is 18.2 Å². The minimum Gasteiger partial charge on any atom is -0.481 e. The monoisotopic (exact) mass is 533 g/mol. The third kappa shape index (κ3) is 8.72. The lowest BCUT2D eigenvalue weighted by Crippen LogP contribution is -2.55. The molecule has 37 heavy (non-hydrogen) atoms. The first-order valence-electron chi connectivity index (χ1n) is 11.8. The Kier molecular flexibility index (Phi) is 10.1. The Morgan fingerprint density at radius 3 is 2.43 bits per heavy atom. The molecule has 0 unspecified atom stereocenters. The Morgan fingerprint density at radius 1 is 1.22 bits per heavy atom. The van der Waals surface area contributed by atoms with Crippen LogP contribution < -0.4 is 5.32 Å². The molecule has 1 aromatic heterocycles. The van der Waals surface area contributed by atoms with E-state index in [1.807, 2.05) is 20.8 Å². The van der Waals surface area contributed by atoms with E-state index in [0.29, 0.717) is 25.4 Å². The normalized spacial score (nSPS) is 18.4. The van der Waals surface area contributed by atoms with Crippen LogP contribution in [0.1, 0.15) is 56.2 Å². The third-order valence-corrected chi connectivity index (χ3v) is 5.89. The van der Waals surface area contributed by atoms with Crippen LogP contribution in [0.2, 0.25) is 0 Å². The molecule has 1 aliphatic rings. The number of methoxy groups -OCH3 is 1. The molecule has 2 heterocycles. The zero-order valence-corrected chi connectivity index (χ0v) is 21.3. The Balaban J connectivity index is 2.49. The summed E-state index contributed by atoms with van der Waals surface area (Å²) >= 11 is 0. The van der Waals surface area contributed by atoms with Crippen LogP contribution >= 0.6 is 0 Å². The number of likely N-dealkylation sites (tertiary alicyclic amines) is 1. The number of hydrogen-bond acceptors (Lipinski definition) is 7. The van der Waals surface area contributed by atoms with Crippen LogP contribution in [0.15, 0.2) is 6.20 Å². The number of aliphatic carboxylic acids is 1. The molecule has 3 N–H and O–H groups in total. The number of carboxylic acid groups (broad SMARTS) is 2. The number of rotatable bonds is 10. The lowest BCUT2D eigenvalue weighted by Gasteiger charge is -2.41. The highest BCUT2D eigenvalue weighted by atomic mass is 19.4. The van der Waals surface area contributed by atoms with Crippen molar-refractivity contribution in [2.75, 3.05) is 45.2 Å². The highest BCUT2D eigenvalue weighted by Crippen LogP contribution is 2.28. The first kappa shape index (κ1) is 30.1. The highest BCUT2D eigenvalue weighted by Gasteiger charge is 2.40. The van der Waals surface area contributed by atoms with Crippen LogP contribution in [0.5, 0.6) is 0 Å². The summed E-state index contributed by atoms with van der Waals surface area (Å²) < 4.78 is 44.5. The van der Waals surface area contributed by atoms with Gasteiger partial charge in [0, 0.05) is 51.5 Å². The number of aromatic nitrogens is 2. The quantitative estimate of drug-likeness (QED) is 0.386. The smallest absolute Gasteiger partial charge is 0.407 e. The highest BCUT2D eigenvalue weighted by molar-refractivity contribution is 5.98. The number of halogens is 3. The summed E-state index contributed by atoms with van der Waals surface area (Å²) in [5.74, 6) is -2.79. The summed E-state index contributed by atoms with van der Waals surface area (Å²) in [6, 6.07) is -1.09. The molecule has 14 heteroatoms. The Bertz CT molecular complexity index is 947. The van der Waals surface area contributed by atoms with Crippen molar-refractivity contribution in [1.29, 1.82) is 0 Å². The fourth-order valence-corrected chi connectivity index (χ4v) is 3.94. The minimum atomic E-state index is -4.60. The van der Waals surface area contributed by atoms with Crippen molar-refractivity contribution in [2.45, 2.75) is 57.7 Å². The third-order valence-electron chi connectivity index (χ3n) is 5.89. The topological polar surface area (TPSA) is 145 Å². The zero-order valence-electron chi connectivity index (χ0n) is 21.3. The van der Waals surface area contributed by atoms with E-state index < -0.39 is 54.5 Å². The first-order valence-corrected chi connectivity index (χ1v) is 11.8. The molecule has 11 nitrogen and oxygen atoms in total. The van der Waals surface area contributed by atoms with Gasteiger partial charge in [-0.1, -0.05) is 20.8 Å². The number of piperidine rings is 1. The molecule has 0 aromatic carbocycles. The second-order valence-electron chi connectivity index (χ2n) is 9.95. The summed E-state index contributed by atoms with van der Waals surface area (Å²) in [6.45, 7) is 4.95. The van der Waals surface area contributed by atoms with Gasteiger partial charge in [-0.25, -0.2) is 14.8 Å². The number of carbonyl (C=O) groups is 3. The molecule has 0 saturated carbocycles. The summed E-state index contributed by atoms with van der Waals surface area (Å²) in [4.78, 5) is 47.4. The Hall–Kier alpha value is -3.16. The van der Waals surface area contributed by atoms with E-state index in [9.17, 15) is 37.8 Å². The maximum absolute atomic E-state index is 13.7. The molecule has 2 rings (SSSR count). The SMILES string of the molecule is COCCCNc1nc(C(C)(C)C)ncc1C(=O)N(CCC(F)(F)F)[C@H]1C[C@@H](C(=O)O)CN(C(=O)O)C1. The molecule has 1 aliphatic heterocycles. The van der Waals surface area contributed by atoms with Gasteiger partial charge in [-0.3, -0.25) is 9.59 Å².